The molecular weight excluding hydrogens is 304 g/mol. The van der Waals surface area contributed by atoms with Gasteiger partial charge in [0, 0.05) is 16.1 Å². The van der Waals surface area contributed by atoms with E-state index in [9.17, 15) is 0 Å². The van der Waals surface area contributed by atoms with Gasteiger partial charge >= 0.3 is 0 Å². The fourth-order valence-electron chi connectivity index (χ4n) is 1.85. The van der Waals surface area contributed by atoms with E-state index < -0.39 is 0 Å². The Morgan fingerprint density at radius 1 is 1.05 bits per heavy atom. The van der Waals surface area contributed by atoms with E-state index in [0.717, 1.165) is 26.9 Å². The van der Waals surface area contributed by atoms with E-state index in [-0.39, 0.29) is 0 Å². The number of hydrogen-bond donors (Lipinski definition) is 2. The maximum absolute atomic E-state index is 5.62. The lowest BCUT2D eigenvalue weighted by Crippen LogP contribution is -1.96. The molecular formula is C14H11BrN4. The number of nitrogens with two attached hydrogens (primary N) is 1. The molecule has 94 valence electrons. The predicted molar refractivity (Wildman–Crippen MR) is 81.4 cm³/mol. The Hall–Kier alpha value is -2.14. The molecule has 0 aliphatic heterocycles. The highest BCUT2D eigenvalue weighted by molar-refractivity contribution is 9.10. The normalized spacial score (nSPS) is 10.6. The minimum Gasteiger partial charge on any atom is -0.397 e. The van der Waals surface area contributed by atoms with E-state index in [4.69, 9.17) is 5.73 Å². The highest BCUT2D eigenvalue weighted by Gasteiger charge is 2.03. The number of para-hydroxylation sites is 1. The Kier molecular flexibility index (Phi) is 3.05. The number of pyridine rings is 2. The summed E-state index contributed by atoms with van der Waals surface area (Å²) in [5.41, 5.74) is 8.09. The fourth-order valence-corrected chi connectivity index (χ4v) is 2.20. The van der Waals surface area contributed by atoms with Gasteiger partial charge in [-0.05, 0) is 40.2 Å². The van der Waals surface area contributed by atoms with Gasteiger partial charge in [0.25, 0.3) is 0 Å². The molecule has 2 aromatic heterocycles. The molecule has 2 heterocycles. The second-order valence-corrected chi connectivity index (χ2v) is 5.05. The summed E-state index contributed by atoms with van der Waals surface area (Å²) >= 11 is 3.42. The van der Waals surface area contributed by atoms with Crippen molar-refractivity contribution in [3.05, 3.63) is 53.3 Å². The van der Waals surface area contributed by atoms with Crippen LogP contribution in [0.4, 0.5) is 17.2 Å². The number of nitrogen functional groups attached to an aromatic ring is 1. The van der Waals surface area contributed by atoms with Crippen molar-refractivity contribution in [1.29, 1.82) is 0 Å². The maximum atomic E-state index is 5.62. The number of hydrogen-bond acceptors (Lipinski definition) is 4. The SMILES string of the molecule is Nc1ccc(Nc2cccc3cc(Br)cnc23)nc1. The first kappa shape index (κ1) is 11.9. The third-order valence-corrected chi connectivity index (χ3v) is 3.16. The highest BCUT2D eigenvalue weighted by Crippen LogP contribution is 2.26. The van der Waals surface area contributed by atoms with Gasteiger partial charge in [-0.15, -0.1) is 0 Å². The summed E-state index contributed by atoms with van der Waals surface area (Å²) in [7, 11) is 0. The van der Waals surface area contributed by atoms with Gasteiger partial charge in [-0.2, -0.15) is 0 Å². The van der Waals surface area contributed by atoms with Crippen LogP contribution in [0.15, 0.2) is 53.3 Å². The third-order valence-electron chi connectivity index (χ3n) is 2.73. The number of fused-ring (bicyclic) bond motifs is 1. The summed E-state index contributed by atoms with van der Waals surface area (Å²) in [5.74, 6) is 0.742. The predicted octanol–water partition coefficient (Wildman–Crippen LogP) is 3.72. The van der Waals surface area contributed by atoms with Crippen LogP contribution < -0.4 is 11.1 Å². The van der Waals surface area contributed by atoms with Crippen molar-refractivity contribution in [3.63, 3.8) is 0 Å². The molecule has 0 bridgehead atoms. The van der Waals surface area contributed by atoms with Gasteiger partial charge in [-0.1, -0.05) is 12.1 Å². The van der Waals surface area contributed by atoms with Crippen LogP contribution in [0, 0.1) is 0 Å². The molecule has 0 atom stereocenters. The topological polar surface area (TPSA) is 63.8 Å². The molecule has 5 heteroatoms. The molecule has 4 nitrogen and oxygen atoms in total. The van der Waals surface area contributed by atoms with Crippen LogP contribution in [0.5, 0.6) is 0 Å². The van der Waals surface area contributed by atoms with Crippen LogP contribution in [-0.4, -0.2) is 9.97 Å². The van der Waals surface area contributed by atoms with Crippen LogP contribution in [-0.2, 0) is 0 Å². The summed E-state index contributed by atoms with van der Waals surface area (Å²) < 4.78 is 0.961. The molecule has 3 N–H and O–H groups in total. The number of anilines is 3. The van der Waals surface area contributed by atoms with Gasteiger partial charge in [-0.25, -0.2) is 4.98 Å². The Labute approximate surface area is 118 Å². The van der Waals surface area contributed by atoms with E-state index in [0.29, 0.717) is 5.69 Å². The van der Waals surface area contributed by atoms with Gasteiger partial charge in [0.15, 0.2) is 0 Å². The third kappa shape index (κ3) is 2.51. The van der Waals surface area contributed by atoms with E-state index in [1.165, 1.54) is 0 Å². The number of halogens is 1. The van der Waals surface area contributed by atoms with E-state index in [2.05, 4.69) is 31.2 Å². The molecule has 0 aliphatic rings. The second-order valence-electron chi connectivity index (χ2n) is 4.13. The summed E-state index contributed by atoms with van der Waals surface area (Å²) in [6.07, 6.45) is 3.40. The van der Waals surface area contributed by atoms with Gasteiger partial charge in [-0.3, -0.25) is 4.98 Å². The average molecular weight is 315 g/mol. The zero-order valence-corrected chi connectivity index (χ0v) is 11.6. The Balaban J connectivity index is 2.03. The Morgan fingerprint density at radius 2 is 1.95 bits per heavy atom. The minimum atomic E-state index is 0.644. The summed E-state index contributed by atoms with van der Waals surface area (Å²) in [6.45, 7) is 0. The van der Waals surface area contributed by atoms with Crippen molar-refractivity contribution < 1.29 is 0 Å². The van der Waals surface area contributed by atoms with E-state index in [1.807, 2.05) is 36.4 Å². The van der Waals surface area contributed by atoms with E-state index >= 15 is 0 Å². The summed E-state index contributed by atoms with van der Waals surface area (Å²) in [6, 6.07) is 11.7. The molecule has 3 rings (SSSR count). The minimum absolute atomic E-state index is 0.644. The summed E-state index contributed by atoms with van der Waals surface area (Å²) in [5, 5.41) is 4.31. The van der Waals surface area contributed by atoms with Crippen molar-refractivity contribution in [2.24, 2.45) is 0 Å². The molecule has 19 heavy (non-hydrogen) atoms. The molecule has 0 saturated heterocycles. The van der Waals surface area contributed by atoms with Crippen LogP contribution in [0.25, 0.3) is 10.9 Å². The molecule has 0 spiro atoms. The van der Waals surface area contributed by atoms with Crippen molar-refractivity contribution >= 4 is 44.0 Å². The van der Waals surface area contributed by atoms with E-state index in [1.54, 1.807) is 12.4 Å². The molecule has 0 aliphatic carbocycles. The maximum Gasteiger partial charge on any atom is 0.130 e. The van der Waals surface area contributed by atoms with Crippen LogP contribution in [0.2, 0.25) is 0 Å². The first-order valence-corrected chi connectivity index (χ1v) is 6.54. The number of aromatic nitrogens is 2. The van der Waals surface area contributed by atoms with Crippen molar-refractivity contribution in [3.8, 4) is 0 Å². The molecule has 1 aromatic carbocycles. The largest absolute Gasteiger partial charge is 0.397 e. The summed E-state index contributed by atoms with van der Waals surface area (Å²) in [4.78, 5) is 8.66. The average Bonchev–Trinajstić information content (AvgIpc) is 2.41. The quantitative estimate of drug-likeness (QED) is 0.756. The number of nitrogens with one attached hydrogen (secondary N) is 1. The molecule has 0 fully saturated rings. The first-order valence-electron chi connectivity index (χ1n) is 5.75. The smallest absolute Gasteiger partial charge is 0.130 e. The molecule has 0 saturated carbocycles. The lowest BCUT2D eigenvalue weighted by Gasteiger charge is -2.08. The highest BCUT2D eigenvalue weighted by atomic mass is 79.9. The zero-order valence-electron chi connectivity index (χ0n) is 9.97. The van der Waals surface area contributed by atoms with Crippen LogP contribution in [0.1, 0.15) is 0 Å². The fraction of sp³-hybridized carbons (Fsp3) is 0. The van der Waals surface area contributed by atoms with Crippen LogP contribution in [0.3, 0.4) is 0 Å². The lowest BCUT2D eigenvalue weighted by molar-refractivity contribution is 1.31. The van der Waals surface area contributed by atoms with Crippen molar-refractivity contribution in [2.45, 2.75) is 0 Å². The molecule has 3 aromatic rings. The Morgan fingerprint density at radius 3 is 2.74 bits per heavy atom. The van der Waals surface area contributed by atoms with Crippen molar-refractivity contribution in [1.82, 2.24) is 9.97 Å². The van der Waals surface area contributed by atoms with Gasteiger partial charge in [0.1, 0.15) is 5.82 Å². The standard InChI is InChI=1S/C14H11BrN4/c15-10-6-9-2-1-3-12(14(9)18-7-10)19-13-5-4-11(16)8-17-13/h1-8H,16H2,(H,17,19). The number of rotatable bonds is 2. The first-order chi connectivity index (χ1) is 9.22. The second kappa shape index (κ2) is 4.85. The van der Waals surface area contributed by atoms with Gasteiger partial charge in [0.05, 0.1) is 23.1 Å². The van der Waals surface area contributed by atoms with Gasteiger partial charge < -0.3 is 11.1 Å². The molecule has 0 unspecified atom stereocenters. The zero-order chi connectivity index (χ0) is 13.2. The Bertz CT molecular complexity index is 725. The molecule has 0 radical (unpaired) electrons. The van der Waals surface area contributed by atoms with Crippen LogP contribution >= 0.6 is 15.9 Å². The van der Waals surface area contributed by atoms with Crippen molar-refractivity contribution in [2.75, 3.05) is 11.1 Å². The van der Waals surface area contributed by atoms with Gasteiger partial charge in [0.2, 0.25) is 0 Å². The number of nitrogens with zero attached hydrogens (tertiary/aromatic N) is 2. The number of benzene rings is 1. The monoisotopic (exact) mass is 314 g/mol. The lowest BCUT2D eigenvalue weighted by atomic mass is 10.2. The molecule has 0 amide bonds.